The molecule has 10 heteroatoms. The number of thiol groups is 1. The fourth-order valence-corrected chi connectivity index (χ4v) is 5.62. The number of carbonyl (C=O) groups excluding carboxylic acids is 1. The van der Waals surface area contributed by atoms with Gasteiger partial charge in [0.15, 0.2) is 0 Å². The zero-order chi connectivity index (χ0) is 25.2. The summed E-state index contributed by atoms with van der Waals surface area (Å²) in [6.45, 7) is 0. The van der Waals surface area contributed by atoms with E-state index in [4.69, 9.17) is 4.74 Å². The third-order valence-corrected chi connectivity index (χ3v) is 7.27. The van der Waals surface area contributed by atoms with Gasteiger partial charge in [-0.15, -0.1) is 0 Å². The summed E-state index contributed by atoms with van der Waals surface area (Å²) in [6, 6.07) is 25.6. The molecular formula is C25H16F6O3S. The molecule has 0 amide bonds. The largest absolute Gasteiger partial charge is 0.450 e. The predicted octanol–water partition coefficient (Wildman–Crippen LogP) is 8.01. The smallest absolute Gasteiger partial charge is 0.444 e. The second-order valence-corrected chi connectivity index (χ2v) is 9.46. The van der Waals surface area contributed by atoms with Crippen LogP contribution in [0.5, 0.6) is 5.75 Å². The van der Waals surface area contributed by atoms with E-state index >= 15 is 0 Å². The van der Waals surface area contributed by atoms with E-state index in [1.807, 2.05) is 60.7 Å². The Morgan fingerprint density at radius 2 is 1.17 bits per heavy atom. The molecule has 3 nitrogen and oxygen atoms in total. The fraction of sp³-hybridized carbons (Fsp3) is 0.0800. The van der Waals surface area contributed by atoms with E-state index in [2.05, 4.69) is 4.42 Å². The van der Waals surface area contributed by atoms with Gasteiger partial charge < -0.3 is 9.15 Å². The van der Waals surface area contributed by atoms with Gasteiger partial charge >= 0.3 is 18.3 Å². The van der Waals surface area contributed by atoms with Crippen molar-refractivity contribution in [2.24, 2.45) is 0 Å². The van der Waals surface area contributed by atoms with Crippen LogP contribution in [0.4, 0.5) is 26.3 Å². The number of halogens is 6. The van der Waals surface area contributed by atoms with Gasteiger partial charge in [-0.2, -0.15) is 37.2 Å². The summed E-state index contributed by atoms with van der Waals surface area (Å²) >= 11 is 0. The normalized spacial score (nSPS) is 12.3. The van der Waals surface area contributed by atoms with Crippen molar-refractivity contribution < 1.29 is 40.3 Å². The highest BCUT2D eigenvalue weighted by Gasteiger charge is 2.48. The van der Waals surface area contributed by atoms with E-state index in [1.165, 1.54) is 12.1 Å². The van der Waals surface area contributed by atoms with Crippen molar-refractivity contribution in [3.05, 3.63) is 108 Å². The van der Waals surface area contributed by atoms with Gasteiger partial charge in [-0.3, -0.25) is 0 Å². The number of hydrogen-bond donors (Lipinski definition) is 1. The molecule has 0 bridgehead atoms. The van der Waals surface area contributed by atoms with Crippen LogP contribution in [-0.2, 0) is 12.4 Å². The molecule has 0 spiro atoms. The first-order valence-electron chi connectivity index (χ1n) is 10.0. The van der Waals surface area contributed by atoms with Gasteiger partial charge in [0, 0.05) is 6.07 Å². The van der Waals surface area contributed by atoms with E-state index in [-0.39, 0.29) is 11.8 Å². The number of esters is 1. The van der Waals surface area contributed by atoms with E-state index in [0.29, 0.717) is 0 Å². The molecule has 0 aliphatic carbocycles. The number of ether oxygens (including phenoxy) is 1. The highest BCUT2D eigenvalue weighted by molar-refractivity contribution is 8.17. The molecule has 3 aromatic carbocycles. The Hall–Kier alpha value is -3.66. The highest BCUT2D eigenvalue weighted by Crippen LogP contribution is 2.51. The first kappa shape index (κ1) is 24.5. The lowest BCUT2D eigenvalue weighted by molar-refractivity contribution is -0.172. The highest BCUT2D eigenvalue weighted by atomic mass is 32.2. The van der Waals surface area contributed by atoms with Gasteiger partial charge in [-0.05, 0) is 63.2 Å². The van der Waals surface area contributed by atoms with Crippen molar-refractivity contribution in [3.8, 4) is 5.75 Å². The summed E-state index contributed by atoms with van der Waals surface area (Å²) in [5.41, 5.74) is -2.09. The van der Waals surface area contributed by atoms with Gasteiger partial charge in [0.05, 0.1) is 0 Å². The average Bonchev–Trinajstić information content (AvgIpc) is 3.29. The Labute approximate surface area is 198 Å². The van der Waals surface area contributed by atoms with Gasteiger partial charge in [0.25, 0.3) is 0 Å². The Kier molecular flexibility index (Phi) is 6.66. The van der Waals surface area contributed by atoms with Crippen molar-refractivity contribution in [3.63, 3.8) is 0 Å². The Bertz CT molecular complexity index is 1230. The molecule has 0 aliphatic heterocycles. The monoisotopic (exact) mass is 510 g/mol. The van der Waals surface area contributed by atoms with Crippen LogP contribution in [0.15, 0.2) is 110 Å². The molecule has 0 radical (unpaired) electrons. The molecule has 0 N–H and O–H groups in total. The quantitative estimate of drug-likeness (QED) is 0.128. The molecule has 182 valence electrons. The molecule has 4 rings (SSSR count). The first-order chi connectivity index (χ1) is 16.5. The number of benzene rings is 3. The Morgan fingerprint density at radius 3 is 1.60 bits per heavy atom. The number of furan rings is 1. The van der Waals surface area contributed by atoms with Crippen LogP contribution in [-0.4, -0.2) is 5.97 Å². The van der Waals surface area contributed by atoms with Crippen molar-refractivity contribution in [2.75, 3.05) is 0 Å². The SMILES string of the molecule is O=C(Oc1ccc([SH](c2ccccc2)c2ccccc2)cc1)c1cc(C(F)(F)F)c(C(F)(F)F)o1. The maximum Gasteiger partial charge on any atom is 0.450 e. The lowest BCUT2D eigenvalue weighted by Gasteiger charge is -2.23. The molecule has 35 heavy (non-hydrogen) atoms. The van der Waals surface area contributed by atoms with Crippen LogP contribution in [0, 0.1) is 0 Å². The summed E-state index contributed by atoms with van der Waals surface area (Å²) < 4.78 is 86.9. The van der Waals surface area contributed by atoms with Crippen LogP contribution in [0.1, 0.15) is 21.9 Å². The Morgan fingerprint density at radius 1 is 0.686 bits per heavy atom. The molecule has 1 heterocycles. The third-order valence-electron chi connectivity index (χ3n) is 4.83. The Balaban J connectivity index is 1.60. The summed E-state index contributed by atoms with van der Waals surface area (Å²) in [7, 11) is -0.959. The molecule has 0 unspecified atom stereocenters. The second kappa shape index (κ2) is 9.53. The summed E-state index contributed by atoms with van der Waals surface area (Å²) in [4.78, 5) is 15.3. The number of rotatable bonds is 5. The zero-order valence-electron chi connectivity index (χ0n) is 17.6. The molecule has 0 saturated heterocycles. The van der Waals surface area contributed by atoms with Crippen LogP contribution in [0.2, 0.25) is 0 Å². The van der Waals surface area contributed by atoms with Crippen LogP contribution in [0.25, 0.3) is 0 Å². The first-order valence-corrected chi connectivity index (χ1v) is 11.4. The molecule has 1 aromatic heterocycles. The van der Waals surface area contributed by atoms with Crippen LogP contribution in [0.3, 0.4) is 0 Å². The second-order valence-electron chi connectivity index (χ2n) is 7.24. The average molecular weight is 510 g/mol. The third kappa shape index (κ3) is 5.54. The minimum atomic E-state index is -5.43. The topological polar surface area (TPSA) is 39.4 Å². The van der Waals surface area contributed by atoms with Gasteiger partial charge in [-0.1, -0.05) is 36.4 Å². The summed E-state index contributed by atoms with van der Waals surface area (Å²) in [5, 5.41) is 0. The minimum Gasteiger partial charge on any atom is -0.444 e. The molecule has 0 aliphatic rings. The molecule has 0 fully saturated rings. The lowest BCUT2D eigenvalue weighted by atomic mass is 10.2. The molecule has 4 aromatic rings. The molecule has 0 atom stereocenters. The fourth-order valence-electron chi connectivity index (χ4n) is 3.33. The minimum absolute atomic E-state index is 0.0103. The number of alkyl halides is 6. The van der Waals surface area contributed by atoms with Crippen molar-refractivity contribution in [1.29, 1.82) is 0 Å². The number of hydrogen-bond acceptors (Lipinski definition) is 3. The standard InChI is InChI=1S/C25H16F6O3S/c26-24(27,28)20-15-21(34-22(20)25(29,30)31)23(32)33-16-11-13-19(14-12-16)35(17-7-3-1-4-8-17)18-9-5-2-6-10-18/h1-15,35H. The maximum atomic E-state index is 13.0. The number of carbonyl (C=O) groups is 1. The van der Waals surface area contributed by atoms with Crippen molar-refractivity contribution in [2.45, 2.75) is 27.0 Å². The van der Waals surface area contributed by atoms with Crippen molar-refractivity contribution in [1.82, 2.24) is 0 Å². The zero-order valence-corrected chi connectivity index (χ0v) is 18.5. The summed E-state index contributed by atoms with van der Waals surface area (Å²) in [6.07, 6.45) is -10.8. The van der Waals surface area contributed by atoms with E-state index < -0.39 is 46.3 Å². The van der Waals surface area contributed by atoms with Crippen molar-refractivity contribution >= 4 is 16.9 Å². The lowest BCUT2D eigenvalue weighted by Crippen LogP contribution is -2.13. The van der Waals surface area contributed by atoms with Crippen LogP contribution < -0.4 is 4.74 Å². The van der Waals surface area contributed by atoms with E-state index in [9.17, 15) is 31.1 Å². The van der Waals surface area contributed by atoms with E-state index in [0.717, 1.165) is 14.7 Å². The van der Waals surface area contributed by atoms with Gasteiger partial charge in [-0.25, -0.2) is 4.79 Å². The van der Waals surface area contributed by atoms with Gasteiger partial charge in [0.1, 0.15) is 11.3 Å². The van der Waals surface area contributed by atoms with Crippen LogP contribution >= 0.6 is 10.9 Å². The predicted molar refractivity (Wildman–Crippen MR) is 117 cm³/mol. The maximum absolute atomic E-state index is 13.0. The van der Waals surface area contributed by atoms with E-state index in [1.54, 1.807) is 12.1 Å². The molecular weight excluding hydrogens is 494 g/mol. The van der Waals surface area contributed by atoms with Gasteiger partial charge in [0.2, 0.25) is 11.5 Å². The molecule has 0 saturated carbocycles. The summed E-state index contributed by atoms with van der Waals surface area (Å²) in [5.74, 6) is -5.05.